The van der Waals surface area contributed by atoms with Crippen molar-refractivity contribution >= 4 is 11.3 Å². The van der Waals surface area contributed by atoms with Crippen LogP contribution in [0.2, 0.25) is 0 Å². The van der Waals surface area contributed by atoms with Gasteiger partial charge in [0.15, 0.2) is 0 Å². The molecule has 0 amide bonds. The summed E-state index contributed by atoms with van der Waals surface area (Å²) >= 11 is 1.81. The van der Waals surface area contributed by atoms with Crippen molar-refractivity contribution in [3.8, 4) is 0 Å². The smallest absolute Gasteiger partial charge is 0.0581 e. The molecular weight excluding hydrogens is 242 g/mol. The Balaban J connectivity index is 1.70. The second kappa shape index (κ2) is 6.66. The molecule has 2 aromatic rings. The number of aryl methyl sites for hydroxylation is 2. The quantitative estimate of drug-likeness (QED) is 0.864. The van der Waals surface area contributed by atoms with Crippen LogP contribution in [0.4, 0.5) is 0 Å². The lowest BCUT2D eigenvalue weighted by Gasteiger charge is -2.09. The molecule has 2 nitrogen and oxygen atoms in total. The van der Waals surface area contributed by atoms with Crippen LogP contribution < -0.4 is 0 Å². The Kier molecular flexibility index (Phi) is 4.90. The fourth-order valence-corrected chi connectivity index (χ4v) is 2.95. The van der Waals surface area contributed by atoms with E-state index in [9.17, 15) is 5.11 Å². The van der Waals surface area contributed by atoms with Crippen molar-refractivity contribution in [2.75, 3.05) is 0 Å². The van der Waals surface area contributed by atoms with Gasteiger partial charge in [-0.3, -0.25) is 4.98 Å². The largest absolute Gasteiger partial charge is 0.393 e. The minimum Gasteiger partial charge on any atom is -0.393 e. The predicted molar refractivity (Wildman–Crippen MR) is 75.9 cm³/mol. The molecule has 0 saturated carbocycles. The van der Waals surface area contributed by atoms with E-state index in [-0.39, 0.29) is 6.10 Å². The van der Waals surface area contributed by atoms with E-state index in [1.54, 1.807) is 6.20 Å². The maximum atomic E-state index is 9.96. The van der Waals surface area contributed by atoms with E-state index in [1.165, 1.54) is 10.4 Å². The molecule has 0 bridgehead atoms. The van der Waals surface area contributed by atoms with Crippen molar-refractivity contribution in [3.63, 3.8) is 0 Å². The number of rotatable bonds is 6. The van der Waals surface area contributed by atoms with E-state index >= 15 is 0 Å². The van der Waals surface area contributed by atoms with Crippen LogP contribution in [0.15, 0.2) is 36.0 Å². The third-order valence-electron chi connectivity index (χ3n) is 2.94. The topological polar surface area (TPSA) is 33.1 Å². The average molecular weight is 261 g/mol. The SMILES string of the molecule is Cc1csc(CCCC(O)Cc2cccnc2)c1. The fraction of sp³-hybridized carbons (Fsp3) is 0.400. The van der Waals surface area contributed by atoms with Gasteiger partial charge in [0, 0.05) is 17.3 Å². The highest BCUT2D eigenvalue weighted by Crippen LogP contribution is 2.17. The van der Waals surface area contributed by atoms with Crippen LogP contribution in [-0.2, 0) is 12.8 Å². The Morgan fingerprint density at radius 1 is 1.44 bits per heavy atom. The number of aliphatic hydroxyl groups is 1. The summed E-state index contributed by atoms with van der Waals surface area (Å²) in [5.74, 6) is 0. The van der Waals surface area contributed by atoms with Gasteiger partial charge in [0.25, 0.3) is 0 Å². The Hall–Kier alpha value is -1.19. The molecule has 0 aliphatic carbocycles. The van der Waals surface area contributed by atoms with Crippen LogP contribution in [0.25, 0.3) is 0 Å². The Morgan fingerprint density at radius 2 is 2.33 bits per heavy atom. The molecule has 0 aliphatic rings. The molecule has 0 saturated heterocycles. The van der Waals surface area contributed by atoms with Gasteiger partial charge in [-0.2, -0.15) is 0 Å². The lowest BCUT2D eigenvalue weighted by Crippen LogP contribution is -2.10. The molecule has 2 aromatic heterocycles. The van der Waals surface area contributed by atoms with Gasteiger partial charge in [-0.1, -0.05) is 6.07 Å². The summed E-state index contributed by atoms with van der Waals surface area (Å²) in [6.07, 6.45) is 7.00. The lowest BCUT2D eigenvalue weighted by atomic mass is 10.0. The van der Waals surface area contributed by atoms with E-state index in [2.05, 4.69) is 23.4 Å². The lowest BCUT2D eigenvalue weighted by molar-refractivity contribution is 0.162. The molecule has 0 spiro atoms. The van der Waals surface area contributed by atoms with E-state index in [0.29, 0.717) is 6.42 Å². The van der Waals surface area contributed by atoms with Gasteiger partial charge in [-0.25, -0.2) is 0 Å². The fourth-order valence-electron chi connectivity index (χ4n) is 2.03. The summed E-state index contributed by atoms with van der Waals surface area (Å²) in [7, 11) is 0. The van der Waals surface area contributed by atoms with Gasteiger partial charge in [-0.05, 0) is 61.2 Å². The van der Waals surface area contributed by atoms with Crippen molar-refractivity contribution in [2.24, 2.45) is 0 Å². The second-order valence-electron chi connectivity index (χ2n) is 4.70. The zero-order chi connectivity index (χ0) is 12.8. The zero-order valence-corrected chi connectivity index (χ0v) is 11.5. The minimum atomic E-state index is -0.254. The summed E-state index contributed by atoms with van der Waals surface area (Å²) in [5, 5.41) is 12.1. The Morgan fingerprint density at radius 3 is 3.00 bits per heavy atom. The molecule has 1 atom stereocenters. The van der Waals surface area contributed by atoms with Crippen LogP contribution in [0.5, 0.6) is 0 Å². The highest BCUT2D eigenvalue weighted by molar-refractivity contribution is 7.10. The van der Waals surface area contributed by atoms with Crippen LogP contribution in [0.3, 0.4) is 0 Å². The number of aliphatic hydroxyl groups excluding tert-OH is 1. The maximum Gasteiger partial charge on any atom is 0.0581 e. The summed E-state index contributed by atoms with van der Waals surface area (Å²) in [6, 6.07) is 6.16. The van der Waals surface area contributed by atoms with Crippen LogP contribution in [-0.4, -0.2) is 16.2 Å². The number of nitrogens with zero attached hydrogens (tertiary/aromatic N) is 1. The number of hydrogen-bond donors (Lipinski definition) is 1. The molecule has 18 heavy (non-hydrogen) atoms. The third kappa shape index (κ3) is 4.24. The first-order chi connectivity index (χ1) is 8.74. The molecule has 1 unspecified atom stereocenters. The predicted octanol–water partition coefficient (Wildman–Crippen LogP) is 3.38. The summed E-state index contributed by atoms with van der Waals surface area (Å²) in [4.78, 5) is 5.48. The molecule has 96 valence electrons. The highest BCUT2D eigenvalue weighted by atomic mass is 32.1. The molecule has 0 aliphatic heterocycles. The van der Waals surface area contributed by atoms with Crippen LogP contribution >= 0.6 is 11.3 Å². The van der Waals surface area contributed by atoms with Crippen molar-refractivity contribution in [1.82, 2.24) is 4.98 Å². The first-order valence-corrected chi connectivity index (χ1v) is 7.23. The molecule has 1 N–H and O–H groups in total. The monoisotopic (exact) mass is 261 g/mol. The molecular formula is C15H19NOS. The first-order valence-electron chi connectivity index (χ1n) is 6.35. The van der Waals surface area contributed by atoms with Gasteiger partial charge in [0.1, 0.15) is 0 Å². The number of aromatic nitrogens is 1. The van der Waals surface area contributed by atoms with Crippen molar-refractivity contribution in [3.05, 3.63) is 52.0 Å². The van der Waals surface area contributed by atoms with Gasteiger partial charge in [0.2, 0.25) is 0 Å². The van der Waals surface area contributed by atoms with Crippen molar-refractivity contribution < 1.29 is 5.11 Å². The van der Waals surface area contributed by atoms with E-state index in [4.69, 9.17) is 0 Å². The van der Waals surface area contributed by atoms with Crippen molar-refractivity contribution in [1.29, 1.82) is 0 Å². The van der Waals surface area contributed by atoms with E-state index in [1.807, 2.05) is 29.7 Å². The molecule has 3 heteroatoms. The second-order valence-corrected chi connectivity index (χ2v) is 5.70. The molecule has 0 radical (unpaired) electrons. The molecule has 0 aromatic carbocycles. The van der Waals surface area contributed by atoms with Crippen molar-refractivity contribution in [2.45, 2.75) is 38.7 Å². The van der Waals surface area contributed by atoms with Gasteiger partial charge >= 0.3 is 0 Å². The van der Waals surface area contributed by atoms with Gasteiger partial charge in [0.05, 0.1) is 6.10 Å². The molecule has 2 heterocycles. The summed E-state index contributed by atoms with van der Waals surface area (Å²) in [5.41, 5.74) is 2.45. The van der Waals surface area contributed by atoms with Gasteiger partial charge in [-0.15, -0.1) is 11.3 Å². The third-order valence-corrected chi connectivity index (χ3v) is 4.05. The Labute approximate surface area is 112 Å². The summed E-state index contributed by atoms with van der Waals surface area (Å²) in [6.45, 7) is 2.12. The van der Waals surface area contributed by atoms with E-state index in [0.717, 1.165) is 24.8 Å². The average Bonchev–Trinajstić information content (AvgIpc) is 2.76. The maximum absolute atomic E-state index is 9.96. The number of hydrogen-bond acceptors (Lipinski definition) is 3. The molecule has 2 rings (SSSR count). The number of thiophene rings is 1. The van der Waals surface area contributed by atoms with Gasteiger partial charge < -0.3 is 5.11 Å². The number of pyridine rings is 1. The Bertz CT molecular complexity index is 466. The normalized spacial score (nSPS) is 12.6. The molecule has 0 fully saturated rings. The summed E-state index contributed by atoms with van der Waals surface area (Å²) < 4.78 is 0. The van der Waals surface area contributed by atoms with Crippen LogP contribution in [0.1, 0.15) is 28.8 Å². The van der Waals surface area contributed by atoms with E-state index < -0.39 is 0 Å². The standard InChI is InChI=1S/C15H19NOS/c1-12-8-15(18-11-12)6-2-5-14(17)9-13-4-3-7-16-10-13/h3-4,7-8,10-11,14,17H,2,5-6,9H2,1H3. The van der Waals surface area contributed by atoms with Crippen LogP contribution in [0, 0.1) is 6.92 Å². The highest BCUT2D eigenvalue weighted by Gasteiger charge is 2.06. The first kappa shape index (κ1) is 13.2. The minimum absolute atomic E-state index is 0.254. The zero-order valence-electron chi connectivity index (χ0n) is 10.7.